The van der Waals surface area contributed by atoms with Gasteiger partial charge in [-0.3, -0.25) is 9.59 Å². The largest absolute Gasteiger partial charge is 0.480 e. The average Bonchev–Trinajstić information content (AvgIpc) is 2.87. The number of carboxylic acid groups (broad SMARTS) is 1. The summed E-state index contributed by atoms with van der Waals surface area (Å²) in [6, 6.07) is 0. The van der Waals surface area contributed by atoms with E-state index < -0.39 is 5.97 Å². The van der Waals surface area contributed by atoms with Crippen molar-refractivity contribution in [2.45, 2.75) is 26.7 Å². The van der Waals surface area contributed by atoms with Gasteiger partial charge < -0.3 is 10.0 Å². The highest BCUT2D eigenvalue weighted by Gasteiger charge is 2.41. The molecule has 0 aromatic heterocycles. The van der Waals surface area contributed by atoms with Crippen LogP contribution in [0, 0.1) is 23.7 Å². The molecular weight excluding hydrogens is 230 g/mol. The van der Waals surface area contributed by atoms with Gasteiger partial charge in [0.1, 0.15) is 6.54 Å². The van der Waals surface area contributed by atoms with Gasteiger partial charge >= 0.3 is 5.97 Å². The van der Waals surface area contributed by atoms with E-state index in [4.69, 9.17) is 5.11 Å². The molecule has 0 aromatic rings. The molecule has 1 fully saturated rings. The molecule has 2 bridgehead atoms. The Hall–Kier alpha value is -1.32. The number of nitrogens with zero attached hydrogens (tertiary/aromatic N) is 1. The number of fused-ring (bicyclic) bond motifs is 2. The zero-order valence-corrected chi connectivity index (χ0v) is 11.0. The molecule has 4 nitrogen and oxygen atoms in total. The second kappa shape index (κ2) is 5.12. The van der Waals surface area contributed by atoms with E-state index in [1.54, 1.807) is 0 Å². The number of carbonyl (C=O) groups excluding carboxylic acids is 1. The number of amides is 1. The number of rotatable bonds is 5. The van der Waals surface area contributed by atoms with E-state index in [2.05, 4.69) is 12.2 Å². The van der Waals surface area contributed by atoms with E-state index in [0.717, 1.165) is 12.8 Å². The minimum Gasteiger partial charge on any atom is -0.480 e. The maximum absolute atomic E-state index is 12.4. The lowest BCUT2D eigenvalue weighted by Crippen LogP contribution is -2.42. The SMILES string of the molecule is CC(C)CN(CC(=O)O)C(=O)C1CC2C=CC1C2. The number of allylic oxidation sites excluding steroid dienone is 2. The van der Waals surface area contributed by atoms with E-state index in [1.165, 1.54) is 4.90 Å². The molecule has 3 unspecified atom stereocenters. The number of carboxylic acids is 1. The Bertz CT molecular complexity index is 375. The molecule has 100 valence electrons. The summed E-state index contributed by atoms with van der Waals surface area (Å²) in [6.45, 7) is 4.36. The summed E-state index contributed by atoms with van der Waals surface area (Å²) in [6.07, 6.45) is 6.29. The Morgan fingerprint density at radius 3 is 2.50 bits per heavy atom. The van der Waals surface area contributed by atoms with Crippen molar-refractivity contribution in [1.82, 2.24) is 4.90 Å². The van der Waals surface area contributed by atoms with Crippen LogP contribution in [0.2, 0.25) is 0 Å². The number of hydrogen-bond donors (Lipinski definition) is 1. The highest BCUT2D eigenvalue weighted by molar-refractivity contribution is 5.84. The first kappa shape index (κ1) is 13.1. The summed E-state index contributed by atoms with van der Waals surface area (Å²) in [7, 11) is 0. The van der Waals surface area contributed by atoms with Crippen molar-refractivity contribution in [1.29, 1.82) is 0 Å². The maximum Gasteiger partial charge on any atom is 0.323 e. The van der Waals surface area contributed by atoms with Crippen molar-refractivity contribution in [2.24, 2.45) is 23.7 Å². The molecule has 4 heteroatoms. The molecule has 0 spiro atoms. The van der Waals surface area contributed by atoms with Gasteiger partial charge in [-0.05, 0) is 30.6 Å². The van der Waals surface area contributed by atoms with Gasteiger partial charge in [-0.2, -0.15) is 0 Å². The first-order chi connectivity index (χ1) is 8.47. The zero-order valence-electron chi connectivity index (χ0n) is 11.0. The molecule has 0 saturated heterocycles. The molecule has 2 rings (SSSR count). The van der Waals surface area contributed by atoms with Gasteiger partial charge in [0.15, 0.2) is 0 Å². The van der Waals surface area contributed by atoms with Gasteiger partial charge in [-0.25, -0.2) is 0 Å². The molecule has 0 radical (unpaired) electrons. The van der Waals surface area contributed by atoms with E-state index in [0.29, 0.717) is 24.3 Å². The summed E-state index contributed by atoms with van der Waals surface area (Å²) in [5.74, 6) is 0.284. The molecule has 0 aromatic carbocycles. The summed E-state index contributed by atoms with van der Waals surface area (Å²) in [5.41, 5.74) is 0. The molecular formula is C14H21NO3. The van der Waals surface area contributed by atoms with Crippen LogP contribution >= 0.6 is 0 Å². The van der Waals surface area contributed by atoms with Gasteiger partial charge in [0.05, 0.1) is 0 Å². The average molecular weight is 251 g/mol. The molecule has 0 heterocycles. The second-order valence-electron chi connectivity index (χ2n) is 5.89. The van der Waals surface area contributed by atoms with Crippen LogP contribution in [0.25, 0.3) is 0 Å². The fourth-order valence-corrected chi connectivity index (χ4v) is 3.14. The third-order valence-corrected chi connectivity index (χ3v) is 3.82. The maximum atomic E-state index is 12.4. The van der Waals surface area contributed by atoms with Crippen molar-refractivity contribution in [2.75, 3.05) is 13.1 Å². The van der Waals surface area contributed by atoms with Crippen LogP contribution in [0.15, 0.2) is 12.2 Å². The van der Waals surface area contributed by atoms with Gasteiger partial charge in [-0.15, -0.1) is 0 Å². The van der Waals surface area contributed by atoms with Crippen LogP contribution in [-0.4, -0.2) is 35.0 Å². The molecule has 1 saturated carbocycles. The Kier molecular flexibility index (Phi) is 3.73. The van der Waals surface area contributed by atoms with Crippen molar-refractivity contribution in [3.8, 4) is 0 Å². The van der Waals surface area contributed by atoms with Crippen molar-refractivity contribution in [3.63, 3.8) is 0 Å². The van der Waals surface area contributed by atoms with Crippen molar-refractivity contribution < 1.29 is 14.7 Å². The van der Waals surface area contributed by atoms with E-state index in [1.807, 2.05) is 13.8 Å². The highest BCUT2D eigenvalue weighted by atomic mass is 16.4. The van der Waals surface area contributed by atoms with Gasteiger partial charge in [0.25, 0.3) is 0 Å². The predicted molar refractivity (Wildman–Crippen MR) is 67.9 cm³/mol. The van der Waals surface area contributed by atoms with Crippen LogP contribution in [0.3, 0.4) is 0 Å². The molecule has 0 aliphatic heterocycles. The van der Waals surface area contributed by atoms with E-state index >= 15 is 0 Å². The van der Waals surface area contributed by atoms with Crippen LogP contribution in [0.1, 0.15) is 26.7 Å². The fourth-order valence-electron chi connectivity index (χ4n) is 3.14. The standard InChI is InChI=1S/C14H21NO3/c1-9(2)7-15(8-13(16)17)14(18)12-6-10-3-4-11(12)5-10/h3-4,9-12H,5-8H2,1-2H3,(H,16,17). The molecule has 18 heavy (non-hydrogen) atoms. The lowest BCUT2D eigenvalue weighted by atomic mass is 9.92. The van der Waals surface area contributed by atoms with Crippen LogP contribution in [0.5, 0.6) is 0 Å². The zero-order chi connectivity index (χ0) is 13.3. The molecule has 2 aliphatic rings. The Balaban J connectivity index is 2.03. The number of carbonyl (C=O) groups is 2. The van der Waals surface area contributed by atoms with Gasteiger partial charge in [-0.1, -0.05) is 26.0 Å². The Morgan fingerprint density at radius 2 is 2.06 bits per heavy atom. The number of hydrogen-bond acceptors (Lipinski definition) is 2. The normalized spacial score (nSPS) is 28.9. The third kappa shape index (κ3) is 2.74. The van der Waals surface area contributed by atoms with Crippen molar-refractivity contribution in [3.05, 3.63) is 12.2 Å². The first-order valence-electron chi connectivity index (χ1n) is 6.66. The fraction of sp³-hybridized carbons (Fsp3) is 0.714. The van der Waals surface area contributed by atoms with Gasteiger partial charge in [0.2, 0.25) is 5.91 Å². The Morgan fingerprint density at radius 1 is 1.33 bits per heavy atom. The highest BCUT2D eigenvalue weighted by Crippen LogP contribution is 2.44. The van der Waals surface area contributed by atoms with E-state index in [9.17, 15) is 9.59 Å². The number of aliphatic carboxylic acids is 1. The quantitative estimate of drug-likeness (QED) is 0.758. The lowest BCUT2D eigenvalue weighted by molar-refractivity contribution is -0.147. The summed E-state index contributed by atoms with van der Waals surface area (Å²) in [5, 5.41) is 8.91. The minimum atomic E-state index is -0.928. The third-order valence-electron chi connectivity index (χ3n) is 3.82. The topological polar surface area (TPSA) is 57.6 Å². The smallest absolute Gasteiger partial charge is 0.323 e. The molecule has 1 amide bonds. The second-order valence-corrected chi connectivity index (χ2v) is 5.89. The van der Waals surface area contributed by atoms with Gasteiger partial charge in [0, 0.05) is 12.5 Å². The lowest BCUT2D eigenvalue weighted by Gasteiger charge is -2.28. The van der Waals surface area contributed by atoms with Crippen molar-refractivity contribution >= 4 is 11.9 Å². The van der Waals surface area contributed by atoms with E-state index in [-0.39, 0.29) is 18.4 Å². The molecule has 1 N–H and O–H groups in total. The van der Waals surface area contributed by atoms with Crippen LogP contribution in [-0.2, 0) is 9.59 Å². The summed E-state index contributed by atoms with van der Waals surface area (Å²) >= 11 is 0. The molecule has 3 atom stereocenters. The van der Waals surface area contributed by atoms with Crippen LogP contribution in [0.4, 0.5) is 0 Å². The Labute approximate surface area is 108 Å². The summed E-state index contributed by atoms with van der Waals surface area (Å²) in [4.78, 5) is 24.8. The summed E-state index contributed by atoms with van der Waals surface area (Å²) < 4.78 is 0. The minimum absolute atomic E-state index is 0.0121. The monoisotopic (exact) mass is 251 g/mol. The predicted octanol–water partition coefficient (Wildman–Crippen LogP) is 1.77. The first-order valence-corrected chi connectivity index (χ1v) is 6.66. The molecule has 2 aliphatic carbocycles. The van der Waals surface area contributed by atoms with Crippen LogP contribution < -0.4 is 0 Å².